The minimum atomic E-state index is -1.36. The molecule has 0 unspecified atom stereocenters. The Morgan fingerprint density at radius 2 is 2.10 bits per heavy atom. The van der Waals surface area contributed by atoms with E-state index >= 15 is 0 Å². The van der Waals surface area contributed by atoms with Crippen molar-refractivity contribution in [2.45, 2.75) is 19.8 Å². The molecular weight excluding hydrogens is 297 g/mol. The fraction of sp³-hybridized carbons (Fsp3) is 0.231. The molecule has 0 saturated heterocycles. The van der Waals surface area contributed by atoms with Crippen molar-refractivity contribution in [2.24, 2.45) is 0 Å². The molecule has 2 rings (SSSR count). The second kappa shape index (κ2) is 5.96. The lowest BCUT2D eigenvalue weighted by atomic mass is 10.1. The summed E-state index contributed by atoms with van der Waals surface area (Å²) in [6.07, 6.45) is 0. The molecular formula is C13H12FN3O3S. The number of hydrogen-bond acceptors (Lipinski definition) is 5. The number of aromatic nitrogens is 2. The van der Waals surface area contributed by atoms with E-state index in [9.17, 15) is 14.0 Å². The Morgan fingerprint density at radius 3 is 2.67 bits per heavy atom. The summed E-state index contributed by atoms with van der Waals surface area (Å²) in [4.78, 5) is 23.2. The lowest BCUT2D eigenvalue weighted by molar-refractivity contribution is 0.0692. The van der Waals surface area contributed by atoms with Gasteiger partial charge >= 0.3 is 5.97 Å². The smallest absolute Gasteiger partial charge is 0.338 e. The fourth-order valence-electron chi connectivity index (χ4n) is 1.69. The molecule has 21 heavy (non-hydrogen) atoms. The van der Waals surface area contributed by atoms with Crippen molar-refractivity contribution in [3.63, 3.8) is 0 Å². The summed E-state index contributed by atoms with van der Waals surface area (Å²) in [5, 5.41) is 15.1. The highest BCUT2D eigenvalue weighted by Gasteiger charge is 2.19. The molecule has 6 nitrogen and oxygen atoms in total. The van der Waals surface area contributed by atoms with Crippen LogP contribution in [0.5, 0.6) is 0 Å². The predicted molar refractivity (Wildman–Crippen MR) is 75.3 cm³/mol. The minimum Gasteiger partial charge on any atom is -0.478 e. The van der Waals surface area contributed by atoms with Crippen LogP contribution < -0.4 is 5.32 Å². The van der Waals surface area contributed by atoms with Gasteiger partial charge in [0.05, 0.1) is 11.3 Å². The number of nitrogens with one attached hydrogen (secondary N) is 1. The van der Waals surface area contributed by atoms with Crippen LogP contribution in [0.15, 0.2) is 18.2 Å². The van der Waals surface area contributed by atoms with Crippen LogP contribution in [0, 0.1) is 5.82 Å². The number of hydrogen-bond donors (Lipinski definition) is 2. The summed E-state index contributed by atoms with van der Waals surface area (Å²) in [6, 6.07) is 3.39. The summed E-state index contributed by atoms with van der Waals surface area (Å²) >= 11 is 0.956. The Balaban J connectivity index is 2.22. The van der Waals surface area contributed by atoms with Crippen molar-refractivity contribution < 1.29 is 19.1 Å². The van der Waals surface area contributed by atoms with E-state index in [1.165, 1.54) is 6.07 Å². The van der Waals surface area contributed by atoms with E-state index in [0.29, 0.717) is 10.6 Å². The Morgan fingerprint density at radius 1 is 1.38 bits per heavy atom. The molecule has 0 aliphatic heterocycles. The first-order valence-electron chi connectivity index (χ1n) is 6.06. The first kappa shape index (κ1) is 15.0. The number of aromatic carboxylic acids is 1. The van der Waals surface area contributed by atoms with Crippen molar-refractivity contribution in [1.29, 1.82) is 0 Å². The van der Waals surface area contributed by atoms with Gasteiger partial charge in [0.2, 0.25) is 0 Å². The molecule has 8 heteroatoms. The highest BCUT2D eigenvalue weighted by atomic mass is 32.1. The van der Waals surface area contributed by atoms with Crippen molar-refractivity contribution in [1.82, 2.24) is 9.59 Å². The maximum Gasteiger partial charge on any atom is 0.338 e. The number of benzene rings is 1. The Bertz CT molecular complexity index is 700. The van der Waals surface area contributed by atoms with Gasteiger partial charge < -0.3 is 10.4 Å². The molecule has 1 amide bonds. The molecule has 1 aromatic carbocycles. The van der Waals surface area contributed by atoms with E-state index < -0.39 is 23.3 Å². The maximum atomic E-state index is 13.5. The fourth-order valence-corrected chi connectivity index (χ4v) is 2.40. The zero-order chi connectivity index (χ0) is 15.6. The molecule has 1 heterocycles. The van der Waals surface area contributed by atoms with Crippen LogP contribution >= 0.6 is 11.5 Å². The van der Waals surface area contributed by atoms with Gasteiger partial charge in [-0.2, -0.15) is 0 Å². The summed E-state index contributed by atoms with van der Waals surface area (Å²) in [7, 11) is 0. The number of carboxylic acids is 1. The average Bonchev–Trinajstić information content (AvgIpc) is 2.87. The van der Waals surface area contributed by atoms with Crippen LogP contribution in [-0.4, -0.2) is 26.6 Å². The average molecular weight is 309 g/mol. The molecule has 0 saturated carbocycles. The Hall–Kier alpha value is -2.35. The molecule has 110 valence electrons. The monoisotopic (exact) mass is 309 g/mol. The van der Waals surface area contributed by atoms with Gasteiger partial charge in [-0.25, -0.2) is 9.18 Å². The summed E-state index contributed by atoms with van der Waals surface area (Å²) in [5.74, 6) is -2.68. The third-order valence-electron chi connectivity index (χ3n) is 2.72. The largest absolute Gasteiger partial charge is 0.478 e. The van der Waals surface area contributed by atoms with E-state index in [2.05, 4.69) is 14.9 Å². The molecule has 2 N–H and O–H groups in total. The summed E-state index contributed by atoms with van der Waals surface area (Å²) in [6.45, 7) is 3.77. The second-order valence-electron chi connectivity index (χ2n) is 4.60. The Labute approximate surface area is 123 Å². The van der Waals surface area contributed by atoms with Crippen molar-refractivity contribution in [2.75, 3.05) is 5.32 Å². The first-order valence-corrected chi connectivity index (χ1v) is 6.84. The third-order valence-corrected chi connectivity index (χ3v) is 3.46. The van der Waals surface area contributed by atoms with Gasteiger partial charge in [-0.15, -0.1) is 5.10 Å². The molecule has 0 aliphatic rings. The lowest BCUT2D eigenvalue weighted by Crippen LogP contribution is -2.13. The SMILES string of the molecule is CC(C)c1nnsc1C(=O)Nc1ccc(C(=O)O)c(F)c1. The maximum absolute atomic E-state index is 13.5. The summed E-state index contributed by atoms with van der Waals surface area (Å²) in [5.41, 5.74) is 0.293. The highest BCUT2D eigenvalue weighted by Crippen LogP contribution is 2.22. The number of rotatable bonds is 4. The van der Waals surface area contributed by atoms with Gasteiger partial charge in [-0.05, 0) is 35.6 Å². The van der Waals surface area contributed by atoms with E-state index in [4.69, 9.17) is 5.11 Å². The molecule has 1 aromatic heterocycles. The van der Waals surface area contributed by atoms with Crippen LogP contribution in [-0.2, 0) is 0 Å². The predicted octanol–water partition coefficient (Wildman–Crippen LogP) is 2.75. The van der Waals surface area contributed by atoms with E-state index in [0.717, 1.165) is 23.7 Å². The second-order valence-corrected chi connectivity index (χ2v) is 5.35. The van der Waals surface area contributed by atoms with Crippen LogP contribution in [0.3, 0.4) is 0 Å². The van der Waals surface area contributed by atoms with Crippen molar-refractivity contribution in [3.8, 4) is 0 Å². The number of amides is 1. The molecule has 0 fully saturated rings. The molecule has 0 aliphatic carbocycles. The molecule has 0 atom stereocenters. The zero-order valence-corrected chi connectivity index (χ0v) is 12.1. The standard InChI is InChI=1S/C13H12FN3O3S/c1-6(2)10-11(21-17-16-10)12(18)15-7-3-4-8(13(19)20)9(14)5-7/h3-6H,1-2H3,(H,15,18)(H,19,20). The van der Waals surface area contributed by atoms with Crippen LogP contribution in [0.4, 0.5) is 10.1 Å². The van der Waals surface area contributed by atoms with Gasteiger partial charge in [0.15, 0.2) is 0 Å². The number of halogens is 1. The van der Waals surface area contributed by atoms with Gasteiger partial charge in [0.25, 0.3) is 5.91 Å². The van der Waals surface area contributed by atoms with Crippen molar-refractivity contribution in [3.05, 3.63) is 40.2 Å². The van der Waals surface area contributed by atoms with Gasteiger partial charge in [-0.3, -0.25) is 4.79 Å². The zero-order valence-electron chi connectivity index (χ0n) is 11.3. The van der Waals surface area contributed by atoms with Gasteiger partial charge in [-0.1, -0.05) is 18.3 Å². The third kappa shape index (κ3) is 3.22. The topological polar surface area (TPSA) is 92.2 Å². The van der Waals surface area contributed by atoms with E-state index in [1.54, 1.807) is 0 Å². The number of carbonyl (C=O) groups is 2. The van der Waals surface area contributed by atoms with E-state index in [1.807, 2.05) is 13.8 Å². The number of carboxylic acid groups (broad SMARTS) is 1. The first-order chi connectivity index (χ1) is 9.90. The quantitative estimate of drug-likeness (QED) is 0.906. The summed E-state index contributed by atoms with van der Waals surface area (Å²) < 4.78 is 17.3. The molecule has 0 bridgehead atoms. The normalized spacial score (nSPS) is 10.7. The van der Waals surface area contributed by atoms with Crippen LogP contribution in [0.25, 0.3) is 0 Å². The lowest BCUT2D eigenvalue weighted by Gasteiger charge is -2.07. The van der Waals surface area contributed by atoms with Crippen LogP contribution in [0.1, 0.15) is 45.5 Å². The van der Waals surface area contributed by atoms with E-state index in [-0.39, 0.29) is 11.6 Å². The minimum absolute atomic E-state index is 0.0376. The molecule has 2 aromatic rings. The number of anilines is 1. The highest BCUT2D eigenvalue weighted by molar-refractivity contribution is 7.08. The number of nitrogens with zero attached hydrogens (tertiary/aromatic N) is 2. The number of carbonyl (C=O) groups excluding carboxylic acids is 1. The van der Waals surface area contributed by atoms with Crippen molar-refractivity contribution >= 4 is 29.1 Å². The Kier molecular flexibility index (Phi) is 4.27. The van der Waals surface area contributed by atoms with Gasteiger partial charge in [0, 0.05) is 5.69 Å². The van der Waals surface area contributed by atoms with Crippen LogP contribution in [0.2, 0.25) is 0 Å². The van der Waals surface area contributed by atoms with Gasteiger partial charge in [0.1, 0.15) is 10.7 Å². The molecule has 0 radical (unpaired) electrons. The molecule has 0 spiro atoms.